The molecule has 1 amide bonds. The molecule has 2 aliphatic heterocycles. The Hall–Kier alpha value is -1.15. The number of nitrogens with zero attached hydrogens (tertiary/aromatic N) is 2. The van der Waals surface area contributed by atoms with Crippen LogP contribution in [0.15, 0.2) is 29.2 Å². The summed E-state index contributed by atoms with van der Waals surface area (Å²) >= 11 is 6.04. The molecule has 1 N–H and O–H groups in total. The molecule has 1 unspecified atom stereocenters. The first-order valence-electron chi connectivity index (χ1n) is 8.71. The minimum atomic E-state index is -3.61. The lowest BCUT2D eigenvalue weighted by molar-refractivity contribution is -0.132. The van der Waals surface area contributed by atoms with E-state index in [9.17, 15) is 13.2 Å². The van der Waals surface area contributed by atoms with Gasteiger partial charge in [0.25, 0.3) is 0 Å². The summed E-state index contributed by atoms with van der Waals surface area (Å²) in [5.74, 6) is 0.715. The third-order valence-corrected chi connectivity index (χ3v) is 7.37. The summed E-state index contributed by atoms with van der Waals surface area (Å²) in [5, 5.41) is 3.54. The summed E-state index contributed by atoms with van der Waals surface area (Å²) in [7, 11) is -3.61. The Bertz CT molecular complexity index is 712. The third-order valence-electron chi connectivity index (χ3n) is 4.97. The molecule has 3 rings (SSSR count). The molecule has 2 fully saturated rings. The number of hydrogen-bond donors (Lipinski definition) is 1. The maximum Gasteiger partial charge on any atom is 0.244 e. The second kappa shape index (κ2) is 8.03. The van der Waals surface area contributed by atoms with Crippen LogP contribution >= 0.6 is 11.6 Å². The Kier molecular flexibility index (Phi) is 5.99. The zero-order valence-electron chi connectivity index (χ0n) is 14.2. The van der Waals surface area contributed by atoms with E-state index in [1.165, 1.54) is 10.4 Å². The Labute approximate surface area is 154 Å². The van der Waals surface area contributed by atoms with Gasteiger partial charge in [-0.15, -0.1) is 0 Å². The van der Waals surface area contributed by atoms with Crippen molar-refractivity contribution in [3.8, 4) is 0 Å². The van der Waals surface area contributed by atoms with Gasteiger partial charge in [0.05, 0.1) is 5.02 Å². The van der Waals surface area contributed by atoms with E-state index >= 15 is 0 Å². The molecule has 138 valence electrons. The monoisotopic (exact) mass is 385 g/mol. The van der Waals surface area contributed by atoms with Crippen molar-refractivity contribution in [2.24, 2.45) is 5.92 Å². The molecule has 0 spiro atoms. The highest BCUT2D eigenvalue weighted by Gasteiger charge is 2.31. The molecule has 2 saturated heterocycles. The fourth-order valence-corrected chi connectivity index (χ4v) is 5.33. The molecule has 0 bridgehead atoms. The number of carbonyl (C=O) groups is 1. The first-order valence-corrected chi connectivity index (χ1v) is 10.5. The van der Waals surface area contributed by atoms with Gasteiger partial charge in [-0.3, -0.25) is 4.79 Å². The average Bonchev–Trinajstić information content (AvgIpc) is 3.13. The zero-order valence-corrected chi connectivity index (χ0v) is 15.7. The Balaban J connectivity index is 1.54. The highest BCUT2D eigenvalue weighted by molar-refractivity contribution is 7.89. The summed E-state index contributed by atoms with van der Waals surface area (Å²) in [4.78, 5) is 14.3. The first-order chi connectivity index (χ1) is 12.0. The molecular weight excluding hydrogens is 362 g/mol. The predicted octanol–water partition coefficient (Wildman–Crippen LogP) is 1.56. The van der Waals surface area contributed by atoms with Crippen molar-refractivity contribution >= 4 is 27.5 Å². The summed E-state index contributed by atoms with van der Waals surface area (Å²) in [6.07, 6.45) is 2.59. The van der Waals surface area contributed by atoms with Gasteiger partial charge in [0.1, 0.15) is 4.90 Å². The topological polar surface area (TPSA) is 69.7 Å². The van der Waals surface area contributed by atoms with E-state index in [2.05, 4.69) is 5.32 Å². The summed E-state index contributed by atoms with van der Waals surface area (Å²) in [6.45, 7) is 3.53. The smallest absolute Gasteiger partial charge is 0.244 e. The summed E-state index contributed by atoms with van der Waals surface area (Å²) < 4.78 is 26.8. The summed E-state index contributed by atoms with van der Waals surface area (Å²) in [6, 6.07) is 6.46. The lowest BCUT2D eigenvalue weighted by Gasteiger charge is -2.34. The van der Waals surface area contributed by atoms with Crippen LogP contribution in [0.5, 0.6) is 0 Å². The van der Waals surface area contributed by atoms with Gasteiger partial charge in [-0.1, -0.05) is 23.7 Å². The fourth-order valence-electron chi connectivity index (χ4n) is 3.42. The molecule has 1 aromatic carbocycles. The molecule has 2 aliphatic rings. The molecule has 0 saturated carbocycles. The Morgan fingerprint density at radius 1 is 1.20 bits per heavy atom. The van der Waals surface area contributed by atoms with E-state index in [1.54, 1.807) is 23.1 Å². The number of sulfonamides is 1. The number of hydrogen-bond acceptors (Lipinski definition) is 4. The molecule has 25 heavy (non-hydrogen) atoms. The van der Waals surface area contributed by atoms with Gasteiger partial charge in [0, 0.05) is 32.6 Å². The molecule has 6 nitrogen and oxygen atoms in total. The number of amides is 1. The van der Waals surface area contributed by atoms with E-state index in [-0.39, 0.29) is 15.8 Å². The maximum atomic E-state index is 12.7. The fraction of sp³-hybridized carbons (Fsp3) is 0.588. The number of benzene rings is 1. The van der Waals surface area contributed by atoms with Gasteiger partial charge < -0.3 is 10.2 Å². The highest BCUT2D eigenvalue weighted by atomic mass is 35.5. The molecule has 8 heteroatoms. The van der Waals surface area contributed by atoms with Crippen molar-refractivity contribution < 1.29 is 13.2 Å². The highest BCUT2D eigenvalue weighted by Crippen LogP contribution is 2.25. The number of halogens is 1. The van der Waals surface area contributed by atoms with Crippen LogP contribution in [0.1, 0.15) is 19.3 Å². The van der Waals surface area contributed by atoms with Crippen LogP contribution in [-0.2, 0) is 14.8 Å². The van der Waals surface area contributed by atoms with E-state index in [0.29, 0.717) is 38.5 Å². The van der Waals surface area contributed by atoms with Crippen LogP contribution in [0.4, 0.5) is 0 Å². The van der Waals surface area contributed by atoms with Crippen LogP contribution in [0.3, 0.4) is 0 Å². The van der Waals surface area contributed by atoms with Crippen molar-refractivity contribution in [3.05, 3.63) is 29.3 Å². The minimum absolute atomic E-state index is 0.127. The van der Waals surface area contributed by atoms with Crippen molar-refractivity contribution in [1.29, 1.82) is 0 Å². The molecule has 1 aromatic rings. The zero-order chi connectivity index (χ0) is 17.9. The quantitative estimate of drug-likeness (QED) is 0.835. The molecule has 1 atom stereocenters. The molecular formula is C17H24ClN3O3S. The Morgan fingerprint density at radius 3 is 2.56 bits per heavy atom. The lowest BCUT2D eigenvalue weighted by atomic mass is 10.0. The molecule has 0 aliphatic carbocycles. The average molecular weight is 386 g/mol. The van der Waals surface area contributed by atoms with Crippen molar-refractivity contribution in [2.75, 3.05) is 39.3 Å². The van der Waals surface area contributed by atoms with E-state index in [1.807, 2.05) is 0 Å². The van der Waals surface area contributed by atoms with Gasteiger partial charge in [0.2, 0.25) is 15.9 Å². The first kappa shape index (κ1) is 18.6. The number of rotatable bonds is 5. The minimum Gasteiger partial charge on any atom is -0.340 e. The summed E-state index contributed by atoms with van der Waals surface area (Å²) in [5.41, 5.74) is 0. The van der Waals surface area contributed by atoms with Gasteiger partial charge in [-0.05, 0) is 44.0 Å². The Morgan fingerprint density at radius 2 is 1.92 bits per heavy atom. The normalized spacial score (nSPS) is 22.3. The van der Waals surface area contributed by atoms with Crippen LogP contribution in [0.2, 0.25) is 5.02 Å². The second-order valence-corrected chi connectivity index (χ2v) is 8.93. The van der Waals surface area contributed by atoms with Crippen LogP contribution < -0.4 is 5.32 Å². The van der Waals surface area contributed by atoms with Crippen LogP contribution in [0, 0.1) is 5.92 Å². The lowest BCUT2D eigenvalue weighted by Crippen LogP contribution is -2.50. The van der Waals surface area contributed by atoms with Crippen molar-refractivity contribution in [2.45, 2.75) is 24.2 Å². The van der Waals surface area contributed by atoms with Crippen molar-refractivity contribution in [3.63, 3.8) is 0 Å². The van der Waals surface area contributed by atoms with E-state index in [0.717, 1.165) is 25.9 Å². The van der Waals surface area contributed by atoms with E-state index in [4.69, 9.17) is 11.6 Å². The third kappa shape index (κ3) is 4.34. The van der Waals surface area contributed by atoms with E-state index < -0.39 is 10.0 Å². The van der Waals surface area contributed by atoms with Gasteiger partial charge in [0.15, 0.2) is 0 Å². The second-order valence-electron chi connectivity index (χ2n) is 6.61. The molecule has 0 aromatic heterocycles. The van der Waals surface area contributed by atoms with Gasteiger partial charge in [-0.2, -0.15) is 4.31 Å². The van der Waals surface area contributed by atoms with Gasteiger partial charge >= 0.3 is 0 Å². The number of nitrogens with one attached hydrogen (secondary N) is 1. The van der Waals surface area contributed by atoms with Gasteiger partial charge in [-0.25, -0.2) is 8.42 Å². The van der Waals surface area contributed by atoms with Crippen LogP contribution in [-0.4, -0.2) is 62.8 Å². The molecule has 2 heterocycles. The molecule has 0 radical (unpaired) electrons. The van der Waals surface area contributed by atoms with Crippen LogP contribution in [0.25, 0.3) is 0 Å². The van der Waals surface area contributed by atoms with Crippen molar-refractivity contribution in [1.82, 2.24) is 14.5 Å². The maximum absolute atomic E-state index is 12.7. The number of piperazine rings is 1. The standard InChI is InChI=1S/C17H24ClN3O3S/c18-15-3-1-2-4-16(15)25(23,24)21-11-9-20(10-12-21)17(22)6-5-14-7-8-19-13-14/h1-4,14,19H,5-13H2. The largest absolute Gasteiger partial charge is 0.340 e. The SMILES string of the molecule is O=C(CCC1CCNC1)N1CCN(S(=O)(=O)c2ccccc2Cl)CC1. The number of carbonyl (C=O) groups excluding carboxylic acids is 1. The predicted molar refractivity (Wildman–Crippen MR) is 97.0 cm³/mol.